The molecule has 0 aromatic heterocycles. The topological polar surface area (TPSA) is 66.5 Å². The second kappa shape index (κ2) is 7.42. The molecular formula is C16H16BrFN2O3S. The van der Waals surface area contributed by atoms with Gasteiger partial charge in [-0.3, -0.25) is 4.79 Å². The number of sulfonamides is 1. The van der Waals surface area contributed by atoms with Crippen LogP contribution in [-0.4, -0.2) is 32.7 Å². The Kier molecular flexibility index (Phi) is 5.74. The van der Waals surface area contributed by atoms with Gasteiger partial charge in [0.2, 0.25) is 10.0 Å². The van der Waals surface area contributed by atoms with Gasteiger partial charge in [0.05, 0.1) is 10.5 Å². The Bertz CT molecular complexity index is 852. The Morgan fingerprint density at radius 1 is 1.17 bits per heavy atom. The van der Waals surface area contributed by atoms with E-state index in [1.807, 2.05) is 0 Å². The number of carbonyl (C=O) groups excluding carboxylic acids is 1. The molecule has 128 valence electrons. The number of carbonyl (C=O) groups is 1. The molecule has 1 amide bonds. The minimum atomic E-state index is -3.63. The van der Waals surface area contributed by atoms with Gasteiger partial charge in [0.15, 0.2) is 0 Å². The van der Waals surface area contributed by atoms with Crippen LogP contribution in [0.25, 0.3) is 0 Å². The van der Waals surface area contributed by atoms with Gasteiger partial charge in [0.1, 0.15) is 5.82 Å². The first-order valence-corrected chi connectivity index (χ1v) is 9.20. The normalized spacial score (nSPS) is 11.5. The van der Waals surface area contributed by atoms with Crippen LogP contribution in [0.4, 0.5) is 4.39 Å². The number of benzene rings is 2. The molecule has 5 nitrogen and oxygen atoms in total. The van der Waals surface area contributed by atoms with Crippen molar-refractivity contribution in [3.63, 3.8) is 0 Å². The number of rotatable bonds is 5. The lowest BCUT2D eigenvalue weighted by Gasteiger charge is -2.13. The highest BCUT2D eigenvalue weighted by molar-refractivity contribution is 9.10. The van der Waals surface area contributed by atoms with Crippen molar-refractivity contribution >= 4 is 31.9 Å². The third-order valence-corrected chi connectivity index (χ3v) is 5.83. The molecule has 0 spiro atoms. The summed E-state index contributed by atoms with van der Waals surface area (Å²) in [5, 5.41) is 2.68. The average Bonchev–Trinajstić information content (AvgIpc) is 2.54. The zero-order valence-corrected chi connectivity index (χ0v) is 15.5. The van der Waals surface area contributed by atoms with Crippen LogP contribution in [0.1, 0.15) is 15.9 Å². The lowest BCUT2D eigenvalue weighted by molar-refractivity contribution is 0.0950. The molecule has 0 fully saturated rings. The van der Waals surface area contributed by atoms with E-state index in [1.165, 1.54) is 44.4 Å². The summed E-state index contributed by atoms with van der Waals surface area (Å²) in [5.74, 6) is -0.781. The number of amides is 1. The Morgan fingerprint density at radius 2 is 1.79 bits per heavy atom. The second-order valence-electron chi connectivity index (χ2n) is 5.24. The molecule has 0 saturated carbocycles. The molecule has 8 heteroatoms. The van der Waals surface area contributed by atoms with Gasteiger partial charge in [0, 0.05) is 25.1 Å². The maximum atomic E-state index is 12.9. The molecule has 0 bridgehead atoms. The van der Waals surface area contributed by atoms with Crippen molar-refractivity contribution in [2.24, 2.45) is 0 Å². The van der Waals surface area contributed by atoms with Gasteiger partial charge in [-0.05, 0) is 51.8 Å². The monoisotopic (exact) mass is 414 g/mol. The molecule has 0 aliphatic rings. The minimum absolute atomic E-state index is 0.0302. The van der Waals surface area contributed by atoms with Crippen molar-refractivity contribution in [1.82, 2.24) is 9.62 Å². The second-order valence-corrected chi connectivity index (χ2v) is 8.24. The summed E-state index contributed by atoms with van der Waals surface area (Å²) in [5.41, 5.74) is 0.943. The van der Waals surface area contributed by atoms with Gasteiger partial charge < -0.3 is 5.32 Å². The fraction of sp³-hybridized carbons (Fsp3) is 0.188. The predicted molar refractivity (Wildman–Crippen MR) is 92.6 cm³/mol. The zero-order valence-electron chi connectivity index (χ0n) is 13.1. The molecule has 0 unspecified atom stereocenters. The lowest BCUT2D eigenvalue weighted by atomic mass is 10.2. The quantitative estimate of drug-likeness (QED) is 0.817. The Balaban J connectivity index is 2.21. The van der Waals surface area contributed by atoms with E-state index in [1.54, 1.807) is 12.1 Å². The number of hydrogen-bond donors (Lipinski definition) is 1. The van der Waals surface area contributed by atoms with Crippen LogP contribution in [0, 0.1) is 5.82 Å². The third-order valence-electron chi connectivity index (χ3n) is 3.33. The minimum Gasteiger partial charge on any atom is -0.348 e. The lowest BCUT2D eigenvalue weighted by Crippen LogP contribution is -2.25. The van der Waals surface area contributed by atoms with Crippen LogP contribution >= 0.6 is 15.9 Å². The first-order chi connectivity index (χ1) is 11.2. The summed E-state index contributed by atoms with van der Waals surface area (Å²) in [6.45, 7) is 0.205. The van der Waals surface area contributed by atoms with Crippen LogP contribution < -0.4 is 5.32 Å². The summed E-state index contributed by atoms with van der Waals surface area (Å²) in [6.07, 6.45) is 0. The van der Waals surface area contributed by atoms with E-state index in [2.05, 4.69) is 21.2 Å². The van der Waals surface area contributed by atoms with E-state index < -0.39 is 15.9 Å². The summed E-state index contributed by atoms with van der Waals surface area (Å²) >= 11 is 3.25. The average molecular weight is 415 g/mol. The van der Waals surface area contributed by atoms with Crippen LogP contribution in [0.15, 0.2) is 51.8 Å². The summed E-state index contributed by atoms with van der Waals surface area (Å²) < 4.78 is 38.8. The van der Waals surface area contributed by atoms with Gasteiger partial charge in [-0.15, -0.1) is 0 Å². The Labute approximate surface area is 148 Å². The van der Waals surface area contributed by atoms with E-state index in [4.69, 9.17) is 0 Å². The highest BCUT2D eigenvalue weighted by atomic mass is 79.9. The van der Waals surface area contributed by atoms with E-state index in [0.717, 1.165) is 9.87 Å². The van der Waals surface area contributed by atoms with Crippen LogP contribution in [0.5, 0.6) is 0 Å². The molecule has 0 radical (unpaired) electrons. The van der Waals surface area contributed by atoms with E-state index in [0.29, 0.717) is 4.47 Å². The fourth-order valence-electron chi connectivity index (χ4n) is 1.93. The summed E-state index contributed by atoms with van der Waals surface area (Å²) in [6, 6.07) is 10.0. The number of nitrogens with one attached hydrogen (secondary N) is 1. The molecule has 2 aromatic carbocycles. The number of nitrogens with zero attached hydrogens (tertiary/aromatic N) is 1. The molecule has 0 aliphatic heterocycles. The third kappa shape index (κ3) is 4.19. The van der Waals surface area contributed by atoms with Crippen molar-refractivity contribution in [2.45, 2.75) is 11.4 Å². The zero-order chi connectivity index (χ0) is 17.9. The highest BCUT2D eigenvalue weighted by Crippen LogP contribution is 2.22. The predicted octanol–water partition coefficient (Wildman–Crippen LogP) is 2.77. The van der Waals surface area contributed by atoms with Crippen molar-refractivity contribution in [3.8, 4) is 0 Å². The molecule has 0 saturated heterocycles. The number of hydrogen-bond acceptors (Lipinski definition) is 3. The van der Waals surface area contributed by atoms with E-state index in [9.17, 15) is 17.6 Å². The maximum absolute atomic E-state index is 12.9. The van der Waals surface area contributed by atoms with Crippen LogP contribution in [-0.2, 0) is 16.6 Å². The van der Waals surface area contributed by atoms with Crippen LogP contribution in [0.3, 0.4) is 0 Å². The van der Waals surface area contributed by atoms with Crippen molar-refractivity contribution in [3.05, 3.63) is 63.9 Å². The Morgan fingerprint density at radius 3 is 2.38 bits per heavy atom. The van der Waals surface area contributed by atoms with E-state index >= 15 is 0 Å². The molecule has 0 atom stereocenters. The molecule has 24 heavy (non-hydrogen) atoms. The highest BCUT2D eigenvalue weighted by Gasteiger charge is 2.20. The van der Waals surface area contributed by atoms with Crippen molar-refractivity contribution < 1.29 is 17.6 Å². The smallest absolute Gasteiger partial charge is 0.252 e. The van der Waals surface area contributed by atoms with Gasteiger partial charge in [-0.25, -0.2) is 17.1 Å². The van der Waals surface area contributed by atoms with Crippen molar-refractivity contribution in [1.29, 1.82) is 0 Å². The molecule has 1 N–H and O–H groups in total. The Hall–Kier alpha value is -1.77. The first kappa shape index (κ1) is 18.6. The fourth-order valence-corrected chi connectivity index (χ4v) is 3.28. The van der Waals surface area contributed by atoms with Crippen molar-refractivity contribution in [2.75, 3.05) is 14.1 Å². The van der Waals surface area contributed by atoms with Gasteiger partial charge in [-0.2, -0.15) is 0 Å². The summed E-state index contributed by atoms with van der Waals surface area (Å²) in [7, 11) is -0.786. The number of halogens is 2. The van der Waals surface area contributed by atoms with E-state index in [-0.39, 0.29) is 22.8 Å². The SMILES string of the molecule is CN(C)S(=O)(=O)c1ccc(Br)c(C(=O)NCc2ccc(F)cc2)c1. The summed E-state index contributed by atoms with van der Waals surface area (Å²) in [4.78, 5) is 12.4. The molecule has 0 heterocycles. The van der Waals surface area contributed by atoms with Gasteiger partial charge >= 0.3 is 0 Å². The molecular weight excluding hydrogens is 399 g/mol. The van der Waals surface area contributed by atoms with Gasteiger partial charge in [0.25, 0.3) is 5.91 Å². The maximum Gasteiger partial charge on any atom is 0.252 e. The molecule has 2 rings (SSSR count). The van der Waals surface area contributed by atoms with Crippen LogP contribution in [0.2, 0.25) is 0 Å². The molecule has 0 aliphatic carbocycles. The largest absolute Gasteiger partial charge is 0.348 e. The standard InChI is InChI=1S/C16H16BrFN2O3S/c1-20(2)24(22,23)13-7-8-15(17)14(9-13)16(21)19-10-11-3-5-12(18)6-4-11/h3-9H,10H2,1-2H3,(H,19,21). The molecule has 2 aromatic rings. The van der Waals surface area contributed by atoms with Gasteiger partial charge in [-0.1, -0.05) is 12.1 Å². The first-order valence-electron chi connectivity index (χ1n) is 6.96.